The van der Waals surface area contributed by atoms with Gasteiger partial charge < -0.3 is 10.2 Å². The molecule has 0 fully saturated rings. The molecule has 2 atom stereocenters. The predicted molar refractivity (Wildman–Crippen MR) is 99.5 cm³/mol. The molecule has 1 amide bonds. The zero-order valence-corrected chi connectivity index (χ0v) is 15.1. The van der Waals surface area contributed by atoms with Crippen LogP contribution in [0.25, 0.3) is 0 Å². The summed E-state index contributed by atoms with van der Waals surface area (Å²) in [5, 5.41) is 3.43. The summed E-state index contributed by atoms with van der Waals surface area (Å²) in [5.74, 6) is 0.365. The minimum Gasteiger partial charge on any atom is -0.338 e. The zero-order chi connectivity index (χ0) is 17.5. The number of amides is 1. The third kappa shape index (κ3) is 4.68. The monoisotopic (exact) mass is 324 g/mol. The van der Waals surface area contributed by atoms with Crippen LogP contribution in [-0.2, 0) is 11.3 Å². The van der Waals surface area contributed by atoms with E-state index in [0.717, 1.165) is 5.56 Å². The van der Waals surface area contributed by atoms with Crippen LogP contribution in [-0.4, -0.2) is 23.9 Å². The summed E-state index contributed by atoms with van der Waals surface area (Å²) in [6.45, 7) is 6.94. The maximum absolute atomic E-state index is 13.0. The first-order chi connectivity index (χ1) is 11.5. The molecular weight excluding hydrogens is 296 g/mol. The normalized spacial score (nSPS) is 13.5. The van der Waals surface area contributed by atoms with Gasteiger partial charge in [0.15, 0.2) is 0 Å². The van der Waals surface area contributed by atoms with Gasteiger partial charge in [0.25, 0.3) is 0 Å². The Morgan fingerprint density at radius 3 is 2.04 bits per heavy atom. The standard InChI is InChI=1S/C21H28N2O/c1-16(2)20(22-15-18-11-7-5-8-12-18)21(24)23(4)17(3)19-13-9-6-10-14-19/h5-14,16-17,20,22H,15H2,1-4H3/t17-,20?/m0/s1. The molecule has 0 saturated carbocycles. The number of benzene rings is 2. The molecule has 0 aliphatic heterocycles. The number of carbonyl (C=O) groups is 1. The summed E-state index contributed by atoms with van der Waals surface area (Å²) in [5.41, 5.74) is 2.34. The van der Waals surface area contributed by atoms with Crippen LogP contribution in [0.15, 0.2) is 60.7 Å². The van der Waals surface area contributed by atoms with Gasteiger partial charge in [0.05, 0.1) is 12.1 Å². The fraction of sp³-hybridized carbons (Fsp3) is 0.381. The lowest BCUT2D eigenvalue weighted by molar-refractivity contribution is -0.135. The molecule has 24 heavy (non-hydrogen) atoms. The van der Waals surface area contributed by atoms with Crippen molar-refractivity contribution in [1.29, 1.82) is 0 Å². The van der Waals surface area contributed by atoms with Crippen molar-refractivity contribution in [3.63, 3.8) is 0 Å². The van der Waals surface area contributed by atoms with Crippen LogP contribution >= 0.6 is 0 Å². The van der Waals surface area contributed by atoms with E-state index in [1.165, 1.54) is 5.56 Å². The van der Waals surface area contributed by atoms with Gasteiger partial charge in [-0.05, 0) is 24.0 Å². The van der Waals surface area contributed by atoms with Crippen molar-refractivity contribution in [2.75, 3.05) is 7.05 Å². The van der Waals surface area contributed by atoms with E-state index in [-0.39, 0.29) is 23.9 Å². The molecule has 0 heterocycles. The largest absolute Gasteiger partial charge is 0.338 e. The topological polar surface area (TPSA) is 32.3 Å². The van der Waals surface area contributed by atoms with Crippen molar-refractivity contribution in [3.05, 3.63) is 71.8 Å². The first-order valence-electron chi connectivity index (χ1n) is 8.59. The molecule has 0 bridgehead atoms. The molecule has 1 unspecified atom stereocenters. The molecule has 0 aliphatic rings. The highest BCUT2D eigenvalue weighted by molar-refractivity contribution is 5.82. The summed E-state index contributed by atoms with van der Waals surface area (Å²) < 4.78 is 0. The number of rotatable bonds is 7. The SMILES string of the molecule is CC(C)C(NCc1ccccc1)C(=O)N(C)[C@@H](C)c1ccccc1. The van der Waals surface area contributed by atoms with Gasteiger partial charge in [-0.1, -0.05) is 74.5 Å². The van der Waals surface area contributed by atoms with E-state index < -0.39 is 0 Å². The molecule has 0 aromatic heterocycles. The van der Waals surface area contributed by atoms with E-state index in [2.05, 4.69) is 50.4 Å². The Labute approximate surface area is 145 Å². The van der Waals surface area contributed by atoms with E-state index in [9.17, 15) is 4.79 Å². The van der Waals surface area contributed by atoms with Gasteiger partial charge >= 0.3 is 0 Å². The quantitative estimate of drug-likeness (QED) is 0.834. The van der Waals surface area contributed by atoms with E-state index >= 15 is 0 Å². The van der Waals surface area contributed by atoms with Crippen LogP contribution in [0.5, 0.6) is 0 Å². The van der Waals surface area contributed by atoms with E-state index in [1.54, 1.807) is 0 Å². The Bertz CT molecular complexity index is 625. The molecule has 1 N–H and O–H groups in total. The van der Waals surface area contributed by atoms with Crippen molar-refractivity contribution in [2.24, 2.45) is 5.92 Å². The summed E-state index contributed by atoms with van der Waals surface area (Å²) in [4.78, 5) is 14.8. The minimum absolute atomic E-state index is 0.0541. The number of nitrogens with zero attached hydrogens (tertiary/aromatic N) is 1. The number of hydrogen-bond donors (Lipinski definition) is 1. The molecular formula is C21H28N2O. The third-order valence-electron chi connectivity index (χ3n) is 4.51. The Kier molecular flexibility index (Phi) is 6.56. The fourth-order valence-electron chi connectivity index (χ4n) is 2.80. The highest BCUT2D eigenvalue weighted by Crippen LogP contribution is 2.20. The second-order valence-electron chi connectivity index (χ2n) is 6.62. The van der Waals surface area contributed by atoms with Crippen molar-refractivity contribution < 1.29 is 4.79 Å². The summed E-state index contributed by atoms with van der Waals surface area (Å²) in [7, 11) is 1.89. The second kappa shape index (κ2) is 8.65. The third-order valence-corrected chi connectivity index (χ3v) is 4.51. The molecule has 128 valence electrons. The number of nitrogens with one attached hydrogen (secondary N) is 1. The molecule has 2 aromatic carbocycles. The van der Waals surface area contributed by atoms with Gasteiger partial charge in [-0.25, -0.2) is 0 Å². The van der Waals surface area contributed by atoms with Crippen molar-refractivity contribution in [3.8, 4) is 0 Å². The zero-order valence-electron chi connectivity index (χ0n) is 15.1. The summed E-state index contributed by atoms with van der Waals surface area (Å²) in [6.07, 6.45) is 0. The van der Waals surface area contributed by atoms with Gasteiger partial charge in [-0.15, -0.1) is 0 Å². The van der Waals surface area contributed by atoms with E-state index in [0.29, 0.717) is 6.54 Å². The predicted octanol–water partition coefficient (Wildman–Crippen LogP) is 4.02. The van der Waals surface area contributed by atoms with Gasteiger partial charge in [0.1, 0.15) is 0 Å². The Hall–Kier alpha value is -2.13. The van der Waals surface area contributed by atoms with Gasteiger partial charge in [0, 0.05) is 13.6 Å². The maximum atomic E-state index is 13.0. The Morgan fingerprint density at radius 2 is 1.50 bits per heavy atom. The first-order valence-corrected chi connectivity index (χ1v) is 8.59. The van der Waals surface area contributed by atoms with Crippen LogP contribution in [0.2, 0.25) is 0 Å². The van der Waals surface area contributed by atoms with Crippen LogP contribution in [0.3, 0.4) is 0 Å². The molecule has 0 spiro atoms. The smallest absolute Gasteiger partial charge is 0.240 e. The van der Waals surface area contributed by atoms with Crippen LogP contribution < -0.4 is 5.32 Å². The number of carbonyl (C=O) groups excluding carboxylic acids is 1. The highest BCUT2D eigenvalue weighted by Gasteiger charge is 2.27. The lowest BCUT2D eigenvalue weighted by Gasteiger charge is -2.31. The first kappa shape index (κ1) is 18.2. The molecule has 0 aliphatic carbocycles. The van der Waals surface area contributed by atoms with Crippen LogP contribution in [0.1, 0.15) is 37.9 Å². The van der Waals surface area contributed by atoms with E-state index in [4.69, 9.17) is 0 Å². The van der Waals surface area contributed by atoms with Gasteiger partial charge in [0.2, 0.25) is 5.91 Å². The Morgan fingerprint density at radius 1 is 0.958 bits per heavy atom. The average Bonchev–Trinajstić information content (AvgIpc) is 2.61. The van der Waals surface area contributed by atoms with E-state index in [1.807, 2.05) is 48.3 Å². The lowest BCUT2D eigenvalue weighted by Crippen LogP contribution is -2.48. The lowest BCUT2D eigenvalue weighted by atomic mass is 10.0. The highest BCUT2D eigenvalue weighted by atomic mass is 16.2. The number of hydrogen-bond acceptors (Lipinski definition) is 2. The van der Waals surface area contributed by atoms with Crippen molar-refractivity contribution >= 4 is 5.91 Å². The molecule has 0 saturated heterocycles. The average molecular weight is 324 g/mol. The molecule has 0 radical (unpaired) electrons. The van der Waals surface area contributed by atoms with Gasteiger partial charge in [-0.3, -0.25) is 4.79 Å². The van der Waals surface area contributed by atoms with Crippen LogP contribution in [0, 0.1) is 5.92 Å². The molecule has 2 rings (SSSR count). The van der Waals surface area contributed by atoms with Crippen molar-refractivity contribution in [2.45, 2.75) is 39.4 Å². The fourth-order valence-corrected chi connectivity index (χ4v) is 2.80. The number of likely N-dealkylation sites (N-methyl/N-ethyl adjacent to an activating group) is 1. The molecule has 2 aromatic rings. The summed E-state index contributed by atoms with van der Waals surface area (Å²) >= 11 is 0. The van der Waals surface area contributed by atoms with Crippen molar-refractivity contribution in [1.82, 2.24) is 10.2 Å². The Balaban J connectivity index is 2.05. The second-order valence-corrected chi connectivity index (χ2v) is 6.62. The van der Waals surface area contributed by atoms with Crippen LogP contribution in [0.4, 0.5) is 0 Å². The van der Waals surface area contributed by atoms with Gasteiger partial charge in [-0.2, -0.15) is 0 Å². The minimum atomic E-state index is -0.193. The molecule has 3 nitrogen and oxygen atoms in total. The summed E-state index contributed by atoms with van der Waals surface area (Å²) in [6, 6.07) is 20.2. The molecule has 3 heteroatoms. The maximum Gasteiger partial charge on any atom is 0.240 e.